The van der Waals surface area contributed by atoms with Crippen LogP contribution < -0.4 is 14.2 Å². The van der Waals surface area contributed by atoms with Crippen LogP contribution in [0.5, 0.6) is 11.5 Å². The number of H-pyrrole nitrogens is 1. The summed E-state index contributed by atoms with van der Waals surface area (Å²) in [6.07, 6.45) is 2.52. The fourth-order valence-corrected chi connectivity index (χ4v) is 5.75. The molecule has 3 aromatic carbocycles. The van der Waals surface area contributed by atoms with Crippen molar-refractivity contribution >= 4 is 38.9 Å². The lowest BCUT2D eigenvalue weighted by molar-refractivity contribution is -0.131. The molecule has 0 bridgehead atoms. The first-order valence-electron chi connectivity index (χ1n) is 12.7. The largest absolute Gasteiger partial charge is 0.478 e. The standard InChI is InChI=1S/C30H28N2O7S/c1-18(2)19-7-10-21(11-8-19)40(36,37)32-30(35)23(20-9-13-27-28(15-20)39-17-38-27)16-24-22-5-3-4-6-25(22)31-26(24)12-14-29(33)34/h3-15,18,23,31H,16-17H2,1-2H3,(H,32,35)(H,33,34)/b14-12+. The second-order valence-electron chi connectivity index (χ2n) is 9.80. The van der Waals surface area contributed by atoms with Crippen molar-refractivity contribution in [2.45, 2.75) is 37.0 Å². The number of carbonyl (C=O) groups is 2. The van der Waals surface area contributed by atoms with E-state index in [9.17, 15) is 23.1 Å². The molecule has 1 aliphatic rings. The van der Waals surface area contributed by atoms with E-state index in [-0.39, 0.29) is 24.0 Å². The Balaban J connectivity index is 1.54. The Bertz CT molecular complexity index is 1720. The number of amides is 1. The first kappa shape index (κ1) is 27.0. The highest BCUT2D eigenvalue weighted by Crippen LogP contribution is 2.37. The average Bonchev–Trinajstić information content (AvgIpc) is 3.54. The van der Waals surface area contributed by atoms with Crippen LogP contribution in [0.25, 0.3) is 17.0 Å². The van der Waals surface area contributed by atoms with Crippen LogP contribution in [0.1, 0.15) is 48.1 Å². The SMILES string of the molecule is CC(C)c1ccc(S(=O)(=O)NC(=O)C(Cc2c(/C=C/C(=O)O)[nH]c3ccccc23)c2ccc3c(c2)OCO3)cc1. The summed E-state index contributed by atoms with van der Waals surface area (Å²) in [7, 11) is -4.17. The predicted molar refractivity (Wildman–Crippen MR) is 150 cm³/mol. The van der Waals surface area contributed by atoms with Crippen LogP contribution in [0.2, 0.25) is 0 Å². The summed E-state index contributed by atoms with van der Waals surface area (Å²) in [6, 6.07) is 18.8. The van der Waals surface area contributed by atoms with Crippen molar-refractivity contribution in [3.8, 4) is 11.5 Å². The van der Waals surface area contributed by atoms with E-state index in [0.29, 0.717) is 28.3 Å². The third-order valence-corrected chi connectivity index (χ3v) is 8.22. The van der Waals surface area contributed by atoms with E-state index in [1.165, 1.54) is 18.2 Å². The normalized spacial score (nSPS) is 13.7. The van der Waals surface area contributed by atoms with Crippen molar-refractivity contribution in [1.29, 1.82) is 0 Å². The van der Waals surface area contributed by atoms with Gasteiger partial charge in [0.15, 0.2) is 11.5 Å². The number of hydrogen-bond acceptors (Lipinski definition) is 6. The second-order valence-corrected chi connectivity index (χ2v) is 11.5. The number of nitrogens with one attached hydrogen (secondary N) is 2. The van der Waals surface area contributed by atoms with Crippen molar-refractivity contribution in [2.24, 2.45) is 0 Å². The Labute approximate surface area is 231 Å². The maximum absolute atomic E-state index is 13.8. The van der Waals surface area contributed by atoms with Crippen LogP contribution in [0.4, 0.5) is 0 Å². The molecule has 0 fully saturated rings. The summed E-state index contributed by atoms with van der Waals surface area (Å²) < 4.78 is 39.7. The minimum Gasteiger partial charge on any atom is -0.478 e. The molecule has 1 aliphatic heterocycles. The van der Waals surface area contributed by atoms with Crippen molar-refractivity contribution in [2.75, 3.05) is 6.79 Å². The highest BCUT2D eigenvalue weighted by molar-refractivity contribution is 7.90. The summed E-state index contributed by atoms with van der Waals surface area (Å²) in [4.78, 5) is 28.2. The minimum atomic E-state index is -4.17. The first-order valence-corrected chi connectivity index (χ1v) is 14.2. The number of fused-ring (bicyclic) bond motifs is 2. The van der Waals surface area contributed by atoms with Crippen molar-refractivity contribution in [3.63, 3.8) is 0 Å². The molecule has 1 unspecified atom stereocenters. The molecule has 0 aliphatic carbocycles. The number of aromatic nitrogens is 1. The van der Waals surface area contributed by atoms with Gasteiger partial charge in [-0.15, -0.1) is 0 Å². The zero-order valence-corrected chi connectivity index (χ0v) is 22.7. The molecule has 9 nitrogen and oxygen atoms in total. The molecule has 4 aromatic rings. The number of carbonyl (C=O) groups excluding carboxylic acids is 1. The molecule has 1 aromatic heterocycles. The highest BCUT2D eigenvalue weighted by Gasteiger charge is 2.30. The average molecular weight is 561 g/mol. The number of sulfonamides is 1. The topological polar surface area (TPSA) is 135 Å². The van der Waals surface area contributed by atoms with E-state index in [0.717, 1.165) is 22.5 Å². The third-order valence-electron chi connectivity index (χ3n) is 6.85. The van der Waals surface area contributed by atoms with E-state index in [1.54, 1.807) is 30.3 Å². The van der Waals surface area contributed by atoms with Gasteiger partial charge >= 0.3 is 5.97 Å². The summed E-state index contributed by atoms with van der Waals surface area (Å²) in [5.41, 5.74) is 3.43. The molecule has 40 heavy (non-hydrogen) atoms. The maximum Gasteiger partial charge on any atom is 0.328 e. The Kier molecular flexibility index (Phi) is 7.36. The van der Waals surface area contributed by atoms with Gasteiger partial charge in [-0.25, -0.2) is 17.9 Å². The van der Waals surface area contributed by atoms with E-state index < -0.39 is 27.8 Å². The van der Waals surface area contributed by atoms with Gasteiger partial charge in [0.2, 0.25) is 12.7 Å². The van der Waals surface area contributed by atoms with E-state index in [1.807, 2.05) is 38.1 Å². The van der Waals surface area contributed by atoms with Gasteiger partial charge < -0.3 is 19.6 Å². The van der Waals surface area contributed by atoms with Crippen LogP contribution in [0.3, 0.4) is 0 Å². The molecule has 0 radical (unpaired) electrons. The molecule has 206 valence electrons. The number of ether oxygens (including phenoxy) is 2. The zero-order valence-electron chi connectivity index (χ0n) is 21.9. The van der Waals surface area contributed by atoms with Crippen LogP contribution >= 0.6 is 0 Å². The Morgan fingerprint density at radius 1 is 1.00 bits per heavy atom. The minimum absolute atomic E-state index is 0.0214. The molecule has 2 heterocycles. The van der Waals surface area contributed by atoms with Crippen molar-refractivity contribution in [1.82, 2.24) is 9.71 Å². The molecule has 5 rings (SSSR count). The zero-order chi connectivity index (χ0) is 28.4. The smallest absolute Gasteiger partial charge is 0.328 e. The maximum atomic E-state index is 13.8. The fourth-order valence-electron chi connectivity index (χ4n) is 4.73. The summed E-state index contributed by atoms with van der Waals surface area (Å²) in [5, 5.41) is 9.99. The molecule has 0 saturated heterocycles. The molecular weight excluding hydrogens is 532 g/mol. The van der Waals surface area contributed by atoms with Crippen LogP contribution in [0, 0.1) is 0 Å². The summed E-state index contributed by atoms with van der Waals surface area (Å²) in [6.45, 7) is 4.06. The number of benzene rings is 3. The van der Waals surface area contributed by atoms with Gasteiger partial charge in [-0.1, -0.05) is 50.2 Å². The number of aromatic amines is 1. The first-order chi connectivity index (χ1) is 19.1. The lowest BCUT2D eigenvalue weighted by Gasteiger charge is -2.19. The lowest BCUT2D eigenvalue weighted by Crippen LogP contribution is -2.35. The molecule has 0 spiro atoms. The number of para-hydroxylation sites is 1. The summed E-state index contributed by atoms with van der Waals surface area (Å²) >= 11 is 0. The molecular formula is C30H28N2O7S. The Morgan fingerprint density at radius 2 is 1.70 bits per heavy atom. The number of carboxylic acids is 1. The van der Waals surface area contributed by atoms with E-state index >= 15 is 0 Å². The van der Waals surface area contributed by atoms with Gasteiger partial charge in [0.05, 0.1) is 10.8 Å². The van der Waals surface area contributed by atoms with Gasteiger partial charge in [-0.2, -0.15) is 0 Å². The Hall–Kier alpha value is -4.57. The van der Waals surface area contributed by atoms with Gasteiger partial charge in [0.1, 0.15) is 0 Å². The van der Waals surface area contributed by atoms with Gasteiger partial charge in [-0.3, -0.25) is 4.79 Å². The van der Waals surface area contributed by atoms with Crippen LogP contribution in [0.15, 0.2) is 77.7 Å². The van der Waals surface area contributed by atoms with Gasteiger partial charge in [0, 0.05) is 22.7 Å². The number of rotatable bonds is 9. The van der Waals surface area contributed by atoms with Crippen molar-refractivity contribution in [3.05, 3.63) is 95.2 Å². The lowest BCUT2D eigenvalue weighted by atomic mass is 9.89. The number of aliphatic carboxylic acids is 1. The third kappa shape index (κ3) is 5.57. The van der Waals surface area contributed by atoms with E-state index in [4.69, 9.17) is 9.47 Å². The molecule has 10 heteroatoms. The van der Waals surface area contributed by atoms with Crippen LogP contribution in [-0.4, -0.2) is 37.2 Å². The predicted octanol–water partition coefficient (Wildman–Crippen LogP) is 4.95. The molecule has 3 N–H and O–H groups in total. The van der Waals surface area contributed by atoms with Crippen LogP contribution in [-0.2, 0) is 26.0 Å². The van der Waals surface area contributed by atoms with Crippen molar-refractivity contribution < 1.29 is 32.6 Å². The van der Waals surface area contributed by atoms with Gasteiger partial charge in [-0.05, 0) is 65.4 Å². The molecule has 0 saturated carbocycles. The molecule has 1 amide bonds. The summed E-state index contributed by atoms with van der Waals surface area (Å²) in [5.74, 6) is -1.61. The fraction of sp³-hybridized carbons (Fsp3) is 0.200. The van der Waals surface area contributed by atoms with Gasteiger partial charge in [0.25, 0.3) is 10.0 Å². The monoisotopic (exact) mass is 560 g/mol. The number of hydrogen-bond donors (Lipinski definition) is 3. The second kappa shape index (κ2) is 10.9. The van der Waals surface area contributed by atoms with E-state index in [2.05, 4.69) is 9.71 Å². The quantitative estimate of drug-likeness (QED) is 0.247. The Morgan fingerprint density at radius 3 is 2.42 bits per heavy atom. The number of carboxylic acid groups (broad SMARTS) is 1. The highest BCUT2D eigenvalue weighted by atomic mass is 32.2. The molecule has 1 atom stereocenters.